The van der Waals surface area contributed by atoms with E-state index >= 15 is 0 Å². The van der Waals surface area contributed by atoms with E-state index < -0.39 is 0 Å². The number of ketones is 1. The lowest BCUT2D eigenvalue weighted by Crippen LogP contribution is -2.17. The molecule has 0 radical (unpaired) electrons. The molecule has 0 amide bonds. The number of hydrogen-bond acceptors (Lipinski definition) is 2. The quantitative estimate of drug-likeness (QED) is 0.823. The number of rotatable bonds is 2. The number of carbonyl (C=O) groups excluding carboxylic acids is 1. The van der Waals surface area contributed by atoms with Crippen molar-refractivity contribution >= 4 is 5.78 Å². The molecule has 0 aromatic carbocycles. The standard InChI is InChI=1S/C17H21NO2/c1-10-8-15-16(6-5-7-17(15)19)18(10)12(3)14-9-11(2)20-13(14)4/h8-9,12H,5-7H2,1-4H3. The van der Waals surface area contributed by atoms with Crippen LogP contribution in [0.15, 0.2) is 16.5 Å². The number of furan rings is 1. The molecule has 0 bridgehead atoms. The third-order valence-electron chi connectivity index (χ3n) is 4.37. The van der Waals surface area contributed by atoms with Crippen molar-refractivity contribution in [3.8, 4) is 0 Å². The molecular weight excluding hydrogens is 250 g/mol. The average molecular weight is 271 g/mol. The number of carbonyl (C=O) groups is 1. The van der Waals surface area contributed by atoms with E-state index in [-0.39, 0.29) is 6.04 Å². The summed E-state index contributed by atoms with van der Waals surface area (Å²) in [4.78, 5) is 12.0. The van der Waals surface area contributed by atoms with E-state index in [0.29, 0.717) is 12.2 Å². The molecular formula is C17H21NO2. The summed E-state index contributed by atoms with van der Waals surface area (Å²) in [6.07, 6.45) is 2.65. The molecule has 0 spiro atoms. The first-order valence-corrected chi connectivity index (χ1v) is 7.30. The van der Waals surface area contributed by atoms with Gasteiger partial charge in [0.2, 0.25) is 0 Å². The summed E-state index contributed by atoms with van der Waals surface area (Å²) >= 11 is 0. The highest BCUT2D eigenvalue weighted by molar-refractivity contribution is 5.98. The van der Waals surface area contributed by atoms with E-state index in [4.69, 9.17) is 4.42 Å². The molecule has 106 valence electrons. The molecule has 0 N–H and O–H groups in total. The Balaban J connectivity index is 2.10. The van der Waals surface area contributed by atoms with Crippen molar-refractivity contribution in [2.45, 2.75) is 53.0 Å². The van der Waals surface area contributed by atoms with Gasteiger partial charge in [-0.25, -0.2) is 0 Å². The van der Waals surface area contributed by atoms with Gasteiger partial charge in [-0.15, -0.1) is 0 Å². The summed E-state index contributed by atoms with van der Waals surface area (Å²) in [5.74, 6) is 2.21. The molecule has 1 aliphatic rings. The van der Waals surface area contributed by atoms with Crippen LogP contribution in [-0.4, -0.2) is 10.4 Å². The average Bonchev–Trinajstić information content (AvgIpc) is 2.89. The Bertz CT molecular complexity index is 675. The molecule has 1 atom stereocenters. The van der Waals surface area contributed by atoms with Gasteiger partial charge in [0.05, 0.1) is 6.04 Å². The van der Waals surface area contributed by atoms with E-state index in [2.05, 4.69) is 30.5 Å². The van der Waals surface area contributed by atoms with Crippen molar-refractivity contribution in [2.75, 3.05) is 0 Å². The van der Waals surface area contributed by atoms with Crippen LogP contribution in [0.4, 0.5) is 0 Å². The monoisotopic (exact) mass is 271 g/mol. The minimum absolute atomic E-state index is 0.210. The third kappa shape index (κ3) is 1.92. The lowest BCUT2D eigenvalue weighted by atomic mass is 9.96. The Morgan fingerprint density at radius 2 is 1.95 bits per heavy atom. The fourth-order valence-corrected chi connectivity index (χ4v) is 3.50. The highest BCUT2D eigenvalue weighted by atomic mass is 16.3. The van der Waals surface area contributed by atoms with Crippen LogP contribution in [0.25, 0.3) is 0 Å². The molecule has 3 nitrogen and oxygen atoms in total. The van der Waals surface area contributed by atoms with Crippen molar-refractivity contribution in [1.29, 1.82) is 0 Å². The van der Waals surface area contributed by atoms with Gasteiger partial charge in [-0.05, 0) is 52.7 Å². The summed E-state index contributed by atoms with van der Waals surface area (Å²) in [6.45, 7) is 8.26. The molecule has 1 unspecified atom stereocenters. The second-order valence-electron chi connectivity index (χ2n) is 5.84. The van der Waals surface area contributed by atoms with Crippen LogP contribution in [0.3, 0.4) is 0 Å². The Hall–Kier alpha value is -1.77. The lowest BCUT2D eigenvalue weighted by Gasteiger charge is -2.21. The Labute approximate surface area is 119 Å². The van der Waals surface area contributed by atoms with E-state index in [0.717, 1.165) is 35.6 Å². The first-order chi connectivity index (χ1) is 9.49. The third-order valence-corrected chi connectivity index (χ3v) is 4.37. The van der Waals surface area contributed by atoms with E-state index in [9.17, 15) is 4.79 Å². The van der Waals surface area contributed by atoms with E-state index in [1.54, 1.807) is 0 Å². The summed E-state index contributed by atoms with van der Waals surface area (Å²) < 4.78 is 7.97. The van der Waals surface area contributed by atoms with Gasteiger partial charge in [-0.1, -0.05) is 0 Å². The van der Waals surface area contributed by atoms with Crippen LogP contribution < -0.4 is 0 Å². The highest BCUT2D eigenvalue weighted by Gasteiger charge is 2.26. The molecule has 2 heterocycles. The molecule has 2 aromatic rings. The maximum atomic E-state index is 12.0. The molecule has 0 fully saturated rings. The van der Waals surface area contributed by atoms with Crippen LogP contribution >= 0.6 is 0 Å². The minimum atomic E-state index is 0.210. The van der Waals surface area contributed by atoms with Crippen molar-refractivity contribution < 1.29 is 9.21 Å². The SMILES string of the molecule is Cc1cc(C(C)n2c(C)cc3c2CCCC3=O)c(C)o1. The topological polar surface area (TPSA) is 35.1 Å². The maximum Gasteiger partial charge on any atom is 0.164 e. The fraction of sp³-hybridized carbons (Fsp3) is 0.471. The second-order valence-corrected chi connectivity index (χ2v) is 5.84. The largest absolute Gasteiger partial charge is 0.466 e. The van der Waals surface area contributed by atoms with Gasteiger partial charge >= 0.3 is 0 Å². The molecule has 0 saturated carbocycles. The summed E-state index contributed by atoms with van der Waals surface area (Å²) in [6, 6.07) is 4.37. The molecule has 0 saturated heterocycles. The smallest absolute Gasteiger partial charge is 0.164 e. The predicted octanol–water partition coefficient (Wildman–Crippen LogP) is 4.13. The van der Waals surface area contributed by atoms with Gasteiger partial charge in [0.15, 0.2) is 5.78 Å². The second kappa shape index (κ2) is 4.65. The molecule has 2 aromatic heterocycles. The Kier molecular flexibility index (Phi) is 3.08. The zero-order valence-corrected chi connectivity index (χ0v) is 12.6. The minimum Gasteiger partial charge on any atom is -0.466 e. The van der Waals surface area contributed by atoms with Crippen LogP contribution in [0.2, 0.25) is 0 Å². The normalized spacial score (nSPS) is 16.3. The van der Waals surface area contributed by atoms with Crippen molar-refractivity contribution in [1.82, 2.24) is 4.57 Å². The first-order valence-electron chi connectivity index (χ1n) is 7.30. The van der Waals surface area contributed by atoms with Gasteiger partial charge in [-0.3, -0.25) is 4.79 Å². The lowest BCUT2D eigenvalue weighted by molar-refractivity contribution is 0.0971. The predicted molar refractivity (Wildman–Crippen MR) is 78.4 cm³/mol. The number of fused-ring (bicyclic) bond motifs is 1. The summed E-state index contributed by atoms with van der Waals surface area (Å²) in [5, 5.41) is 0. The Morgan fingerprint density at radius 1 is 1.20 bits per heavy atom. The molecule has 3 heteroatoms. The van der Waals surface area contributed by atoms with Crippen molar-refractivity contribution in [3.05, 3.63) is 46.2 Å². The number of hydrogen-bond donors (Lipinski definition) is 0. The summed E-state index contributed by atoms with van der Waals surface area (Å²) in [7, 11) is 0. The van der Waals surface area contributed by atoms with Gasteiger partial charge in [-0.2, -0.15) is 0 Å². The van der Waals surface area contributed by atoms with Crippen LogP contribution in [0.1, 0.15) is 64.6 Å². The summed E-state index contributed by atoms with van der Waals surface area (Å²) in [5.41, 5.74) is 4.50. The zero-order chi connectivity index (χ0) is 14.4. The van der Waals surface area contributed by atoms with Crippen LogP contribution in [0.5, 0.6) is 0 Å². The van der Waals surface area contributed by atoms with E-state index in [1.165, 1.54) is 11.3 Å². The van der Waals surface area contributed by atoms with Crippen molar-refractivity contribution in [3.63, 3.8) is 0 Å². The van der Waals surface area contributed by atoms with Gasteiger partial charge in [0.1, 0.15) is 11.5 Å². The first kappa shape index (κ1) is 13.2. The van der Waals surface area contributed by atoms with Gasteiger partial charge < -0.3 is 8.98 Å². The molecule has 3 rings (SSSR count). The highest BCUT2D eigenvalue weighted by Crippen LogP contribution is 2.32. The molecule has 1 aliphatic carbocycles. The van der Waals surface area contributed by atoms with Crippen molar-refractivity contribution in [2.24, 2.45) is 0 Å². The maximum absolute atomic E-state index is 12.0. The fourth-order valence-electron chi connectivity index (χ4n) is 3.50. The molecule has 0 aliphatic heterocycles. The number of Topliss-reactive ketones (excluding diaryl/α,β-unsaturated/α-hetero) is 1. The van der Waals surface area contributed by atoms with Gasteiger partial charge in [0, 0.05) is 28.9 Å². The Morgan fingerprint density at radius 3 is 2.60 bits per heavy atom. The zero-order valence-electron chi connectivity index (χ0n) is 12.6. The van der Waals surface area contributed by atoms with Crippen LogP contribution in [-0.2, 0) is 6.42 Å². The molecule has 20 heavy (non-hydrogen) atoms. The number of nitrogens with zero attached hydrogens (tertiary/aromatic N) is 1. The van der Waals surface area contributed by atoms with E-state index in [1.807, 2.05) is 13.8 Å². The number of aryl methyl sites for hydroxylation is 3. The van der Waals surface area contributed by atoms with Gasteiger partial charge in [0.25, 0.3) is 0 Å². The van der Waals surface area contributed by atoms with Crippen LogP contribution in [0, 0.1) is 20.8 Å². The number of aromatic nitrogens is 1.